The normalized spacial score (nSPS) is 10.6. The van der Waals surface area contributed by atoms with Crippen molar-refractivity contribution in [1.29, 1.82) is 0 Å². The van der Waals surface area contributed by atoms with Crippen LogP contribution in [0.1, 0.15) is 5.56 Å². The van der Waals surface area contributed by atoms with Gasteiger partial charge < -0.3 is 5.11 Å². The minimum atomic E-state index is -1.08. The molecule has 100 valence electrons. The number of carboxylic acid groups (broad SMARTS) is 1. The molecule has 20 heavy (non-hydrogen) atoms. The molecule has 1 aromatic carbocycles. The van der Waals surface area contributed by atoms with Gasteiger partial charge in [0.25, 0.3) is 5.69 Å². The molecule has 1 N–H and O–H groups in total. The van der Waals surface area contributed by atoms with Crippen LogP contribution in [0.4, 0.5) is 5.69 Å². The summed E-state index contributed by atoms with van der Waals surface area (Å²) < 4.78 is 0. The van der Waals surface area contributed by atoms with Gasteiger partial charge in [-0.2, -0.15) is 0 Å². The predicted molar refractivity (Wildman–Crippen MR) is 70.8 cm³/mol. The average molecular weight is 271 g/mol. The zero-order valence-electron chi connectivity index (χ0n) is 10.1. The summed E-state index contributed by atoms with van der Waals surface area (Å²) in [7, 11) is 0. The Morgan fingerprint density at radius 2 is 1.90 bits per heavy atom. The molecule has 0 radical (unpaired) electrons. The van der Waals surface area contributed by atoms with Crippen molar-refractivity contribution >= 4 is 17.7 Å². The monoisotopic (exact) mass is 271 g/mol. The van der Waals surface area contributed by atoms with E-state index in [9.17, 15) is 14.9 Å². The van der Waals surface area contributed by atoms with Gasteiger partial charge in [0.05, 0.1) is 10.5 Å². The highest BCUT2D eigenvalue weighted by Crippen LogP contribution is 2.26. The summed E-state index contributed by atoms with van der Waals surface area (Å²) in [5, 5.41) is 19.4. The number of nitro groups is 1. The first-order chi connectivity index (χ1) is 9.58. The van der Waals surface area contributed by atoms with Crippen molar-refractivity contribution in [2.75, 3.05) is 0 Å². The van der Waals surface area contributed by atoms with Gasteiger partial charge in [-0.3, -0.25) is 10.1 Å². The largest absolute Gasteiger partial charge is 0.478 e. The average Bonchev–Trinajstić information content (AvgIpc) is 2.45. The molecule has 1 aromatic heterocycles. The van der Waals surface area contributed by atoms with Crippen LogP contribution >= 0.6 is 0 Å². The Bertz CT molecular complexity index is 680. The molecule has 0 spiro atoms. The van der Waals surface area contributed by atoms with Gasteiger partial charge in [-0.25, -0.2) is 14.8 Å². The second-order valence-corrected chi connectivity index (χ2v) is 3.79. The summed E-state index contributed by atoms with van der Waals surface area (Å²) in [6, 6.07) is 6.15. The van der Waals surface area contributed by atoms with Crippen molar-refractivity contribution < 1.29 is 14.8 Å². The Morgan fingerprint density at radius 1 is 1.25 bits per heavy atom. The molecule has 0 amide bonds. The number of nitrogens with zero attached hydrogens (tertiary/aromatic N) is 3. The quantitative estimate of drug-likeness (QED) is 0.518. The van der Waals surface area contributed by atoms with E-state index in [0.29, 0.717) is 11.1 Å². The summed E-state index contributed by atoms with van der Waals surface area (Å²) in [6.07, 6.45) is 5.10. The number of hydrogen-bond acceptors (Lipinski definition) is 5. The van der Waals surface area contributed by atoms with Crippen LogP contribution in [0.2, 0.25) is 0 Å². The third-order valence-electron chi connectivity index (χ3n) is 2.43. The number of para-hydroxylation sites is 1. The van der Waals surface area contributed by atoms with Crippen molar-refractivity contribution in [3.8, 4) is 11.4 Å². The number of nitro benzene ring substituents is 1. The summed E-state index contributed by atoms with van der Waals surface area (Å²) in [4.78, 5) is 28.8. The molecule has 0 fully saturated rings. The first kappa shape index (κ1) is 13.3. The Balaban J connectivity index is 2.36. The van der Waals surface area contributed by atoms with Crippen molar-refractivity contribution in [3.63, 3.8) is 0 Å². The standard InChI is InChI=1S/C13H9N3O4/c17-12(18)6-5-9-7-14-13(15-8-9)10-3-1-2-4-11(10)16(19)20/h1-8H,(H,17,18)/b6-5+. The molecule has 0 atom stereocenters. The van der Waals surface area contributed by atoms with Crippen LogP contribution in [0.3, 0.4) is 0 Å². The summed E-state index contributed by atoms with van der Waals surface area (Å²) in [5.41, 5.74) is 0.724. The number of carboxylic acids is 1. The van der Waals surface area contributed by atoms with Crippen LogP contribution in [-0.4, -0.2) is 26.0 Å². The Morgan fingerprint density at radius 3 is 2.50 bits per heavy atom. The first-order valence-corrected chi connectivity index (χ1v) is 5.55. The fourth-order valence-electron chi connectivity index (χ4n) is 1.55. The van der Waals surface area contributed by atoms with Gasteiger partial charge in [0.2, 0.25) is 0 Å². The SMILES string of the molecule is O=C(O)/C=C/c1cnc(-c2ccccc2[N+](=O)[O-])nc1. The molecule has 0 bridgehead atoms. The van der Waals surface area contributed by atoms with Gasteiger partial charge in [0.1, 0.15) is 0 Å². The number of aliphatic carboxylic acids is 1. The molecular weight excluding hydrogens is 262 g/mol. The lowest BCUT2D eigenvalue weighted by atomic mass is 10.1. The number of benzene rings is 1. The van der Waals surface area contributed by atoms with Crippen molar-refractivity contribution in [2.24, 2.45) is 0 Å². The number of aromatic nitrogens is 2. The van der Waals surface area contributed by atoms with E-state index < -0.39 is 10.9 Å². The van der Waals surface area contributed by atoms with E-state index in [-0.39, 0.29) is 11.5 Å². The zero-order valence-corrected chi connectivity index (χ0v) is 10.1. The van der Waals surface area contributed by atoms with E-state index in [1.165, 1.54) is 24.5 Å². The molecule has 2 aromatic rings. The molecule has 0 saturated heterocycles. The minimum absolute atomic E-state index is 0.0821. The van der Waals surface area contributed by atoms with Gasteiger partial charge in [0.15, 0.2) is 5.82 Å². The zero-order chi connectivity index (χ0) is 14.5. The molecule has 0 aliphatic carbocycles. The minimum Gasteiger partial charge on any atom is -0.478 e. The van der Waals surface area contributed by atoms with Crippen LogP contribution in [0.15, 0.2) is 42.7 Å². The Labute approximate surface area is 113 Å². The van der Waals surface area contributed by atoms with E-state index in [1.54, 1.807) is 18.2 Å². The second-order valence-electron chi connectivity index (χ2n) is 3.79. The Hall–Kier alpha value is -3.09. The van der Waals surface area contributed by atoms with E-state index in [2.05, 4.69) is 9.97 Å². The molecule has 0 unspecified atom stereocenters. The van der Waals surface area contributed by atoms with E-state index >= 15 is 0 Å². The van der Waals surface area contributed by atoms with Crippen LogP contribution in [0.5, 0.6) is 0 Å². The summed E-state index contributed by atoms with van der Waals surface area (Å²) in [6.45, 7) is 0. The molecule has 7 nitrogen and oxygen atoms in total. The Kier molecular flexibility index (Phi) is 3.80. The fourth-order valence-corrected chi connectivity index (χ4v) is 1.55. The highest BCUT2D eigenvalue weighted by molar-refractivity contribution is 5.85. The lowest BCUT2D eigenvalue weighted by Crippen LogP contribution is -1.95. The van der Waals surface area contributed by atoms with Crippen LogP contribution in [0, 0.1) is 10.1 Å². The molecule has 0 saturated carbocycles. The van der Waals surface area contributed by atoms with E-state index in [1.807, 2.05) is 0 Å². The van der Waals surface area contributed by atoms with Gasteiger partial charge in [-0.1, -0.05) is 12.1 Å². The van der Waals surface area contributed by atoms with Gasteiger partial charge in [0, 0.05) is 30.1 Å². The fraction of sp³-hybridized carbons (Fsp3) is 0. The van der Waals surface area contributed by atoms with Gasteiger partial charge in [-0.05, 0) is 12.1 Å². The van der Waals surface area contributed by atoms with Gasteiger partial charge in [-0.15, -0.1) is 0 Å². The lowest BCUT2D eigenvalue weighted by Gasteiger charge is -2.01. The molecule has 7 heteroatoms. The number of hydrogen-bond donors (Lipinski definition) is 1. The van der Waals surface area contributed by atoms with Crippen LogP contribution in [0.25, 0.3) is 17.5 Å². The number of carbonyl (C=O) groups is 1. The van der Waals surface area contributed by atoms with Crippen LogP contribution < -0.4 is 0 Å². The molecule has 1 heterocycles. The highest BCUT2D eigenvalue weighted by atomic mass is 16.6. The predicted octanol–water partition coefficient (Wildman–Crippen LogP) is 2.15. The third-order valence-corrected chi connectivity index (χ3v) is 2.43. The molecule has 0 aliphatic rings. The summed E-state index contributed by atoms with van der Waals surface area (Å²) >= 11 is 0. The molecule has 0 aliphatic heterocycles. The number of rotatable bonds is 4. The first-order valence-electron chi connectivity index (χ1n) is 5.55. The summed E-state index contributed by atoms with van der Waals surface area (Å²) in [5.74, 6) is -0.863. The van der Waals surface area contributed by atoms with E-state index in [0.717, 1.165) is 6.08 Å². The maximum atomic E-state index is 10.9. The second kappa shape index (κ2) is 5.70. The van der Waals surface area contributed by atoms with E-state index in [4.69, 9.17) is 5.11 Å². The smallest absolute Gasteiger partial charge is 0.328 e. The van der Waals surface area contributed by atoms with Crippen molar-refractivity contribution in [3.05, 3.63) is 58.4 Å². The van der Waals surface area contributed by atoms with Crippen LogP contribution in [-0.2, 0) is 4.79 Å². The highest BCUT2D eigenvalue weighted by Gasteiger charge is 2.15. The molecule has 2 rings (SSSR count). The maximum absolute atomic E-state index is 10.9. The maximum Gasteiger partial charge on any atom is 0.328 e. The molecular formula is C13H9N3O4. The van der Waals surface area contributed by atoms with Gasteiger partial charge >= 0.3 is 5.97 Å². The third kappa shape index (κ3) is 3.02. The van der Waals surface area contributed by atoms with Crippen molar-refractivity contribution in [1.82, 2.24) is 9.97 Å². The lowest BCUT2D eigenvalue weighted by molar-refractivity contribution is -0.384. The topological polar surface area (TPSA) is 106 Å². The van der Waals surface area contributed by atoms with Crippen molar-refractivity contribution in [2.45, 2.75) is 0 Å².